The number of nitrogens with zero attached hydrogens (tertiary/aromatic N) is 1. The van der Waals surface area contributed by atoms with Gasteiger partial charge in [-0.1, -0.05) is 31.5 Å². The van der Waals surface area contributed by atoms with E-state index in [1.165, 1.54) is 5.56 Å². The molecule has 0 aromatic heterocycles. The number of carbonyl (C=O) groups is 1. The second-order valence-electron chi connectivity index (χ2n) is 6.40. The summed E-state index contributed by atoms with van der Waals surface area (Å²) in [5.74, 6) is 1.52. The lowest BCUT2D eigenvalue weighted by molar-refractivity contribution is -0.134. The first-order valence-corrected chi connectivity index (χ1v) is 7.80. The SMILES string of the molecule is Cc1ccc(OCCC(=O)N(CC(C)C)C(C)C)c(C)c1. The first kappa shape index (κ1) is 17.5. The molecule has 0 unspecified atom stereocenters. The van der Waals surface area contributed by atoms with E-state index in [1.807, 2.05) is 24.0 Å². The van der Waals surface area contributed by atoms with E-state index >= 15 is 0 Å². The summed E-state index contributed by atoms with van der Waals surface area (Å²) in [5, 5.41) is 0. The first-order valence-electron chi connectivity index (χ1n) is 7.80. The van der Waals surface area contributed by atoms with Crippen LogP contribution in [0.15, 0.2) is 18.2 Å². The Kier molecular flexibility index (Phi) is 6.73. The third-order valence-corrected chi connectivity index (χ3v) is 3.41. The Morgan fingerprint density at radius 3 is 2.38 bits per heavy atom. The van der Waals surface area contributed by atoms with Crippen LogP contribution in [-0.2, 0) is 4.79 Å². The third-order valence-electron chi connectivity index (χ3n) is 3.41. The van der Waals surface area contributed by atoms with Crippen LogP contribution in [0.25, 0.3) is 0 Å². The zero-order chi connectivity index (χ0) is 16.0. The quantitative estimate of drug-likeness (QED) is 0.761. The molecule has 1 amide bonds. The van der Waals surface area contributed by atoms with Crippen molar-refractivity contribution in [2.75, 3.05) is 13.2 Å². The molecule has 0 heterocycles. The van der Waals surface area contributed by atoms with Gasteiger partial charge in [0.25, 0.3) is 0 Å². The number of amides is 1. The minimum atomic E-state index is 0.170. The highest BCUT2D eigenvalue weighted by Gasteiger charge is 2.17. The number of hydrogen-bond donors (Lipinski definition) is 0. The van der Waals surface area contributed by atoms with Crippen molar-refractivity contribution in [2.45, 2.75) is 54.0 Å². The van der Waals surface area contributed by atoms with E-state index in [2.05, 4.69) is 40.7 Å². The van der Waals surface area contributed by atoms with Gasteiger partial charge in [-0.2, -0.15) is 0 Å². The predicted molar refractivity (Wildman–Crippen MR) is 87.7 cm³/mol. The van der Waals surface area contributed by atoms with Gasteiger partial charge in [0.1, 0.15) is 5.75 Å². The number of carbonyl (C=O) groups excluding carboxylic acids is 1. The molecule has 0 aliphatic rings. The van der Waals surface area contributed by atoms with Crippen LogP contribution >= 0.6 is 0 Å². The summed E-state index contributed by atoms with van der Waals surface area (Å²) in [5.41, 5.74) is 2.34. The average molecular weight is 291 g/mol. The Hall–Kier alpha value is -1.51. The molecule has 0 atom stereocenters. The highest BCUT2D eigenvalue weighted by Crippen LogP contribution is 2.19. The van der Waals surface area contributed by atoms with Crippen LogP contribution in [0.1, 0.15) is 45.2 Å². The van der Waals surface area contributed by atoms with Crippen LogP contribution in [-0.4, -0.2) is 30.0 Å². The fourth-order valence-electron chi connectivity index (χ4n) is 2.35. The van der Waals surface area contributed by atoms with Gasteiger partial charge >= 0.3 is 0 Å². The monoisotopic (exact) mass is 291 g/mol. The maximum Gasteiger partial charge on any atom is 0.226 e. The lowest BCUT2D eigenvalue weighted by Gasteiger charge is -2.28. The molecule has 1 aromatic rings. The molecule has 3 heteroatoms. The standard InChI is InChI=1S/C18H29NO2/c1-13(2)12-19(14(3)4)18(20)9-10-21-17-8-7-15(5)11-16(17)6/h7-8,11,13-14H,9-10,12H2,1-6H3. The van der Waals surface area contributed by atoms with Crippen LogP contribution in [0.2, 0.25) is 0 Å². The molecule has 0 aliphatic carbocycles. The van der Waals surface area contributed by atoms with Gasteiger partial charge in [-0.05, 0) is 45.2 Å². The van der Waals surface area contributed by atoms with Crippen molar-refractivity contribution in [3.63, 3.8) is 0 Å². The van der Waals surface area contributed by atoms with Crippen molar-refractivity contribution in [1.29, 1.82) is 0 Å². The summed E-state index contributed by atoms with van der Waals surface area (Å²) < 4.78 is 5.75. The van der Waals surface area contributed by atoms with E-state index in [0.29, 0.717) is 18.9 Å². The van der Waals surface area contributed by atoms with Crippen LogP contribution in [0.5, 0.6) is 5.75 Å². The van der Waals surface area contributed by atoms with Crippen molar-refractivity contribution >= 4 is 5.91 Å². The summed E-state index contributed by atoms with van der Waals surface area (Å²) in [6, 6.07) is 6.34. The molecular weight excluding hydrogens is 262 g/mol. The Morgan fingerprint density at radius 1 is 1.19 bits per heavy atom. The molecule has 0 spiro atoms. The first-order chi connectivity index (χ1) is 9.81. The molecule has 21 heavy (non-hydrogen) atoms. The van der Waals surface area contributed by atoms with Crippen LogP contribution in [0.3, 0.4) is 0 Å². The minimum absolute atomic E-state index is 0.170. The molecule has 1 aromatic carbocycles. The van der Waals surface area contributed by atoms with Crippen molar-refractivity contribution < 1.29 is 9.53 Å². The summed E-state index contributed by atoms with van der Waals surface area (Å²) in [7, 11) is 0. The summed E-state index contributed by atoms with van der Waals surface area (Å²) >= 11 is 0. The molecule has 118 valence electrons. The number of rotatable bonds is 7. The van der Waals surface area contributed by atoms with Gasteiger partial charge in [0.15, 0.2) is 0 Å². The van der Waals surface area contributed by atoms with E-state index in [4.69, 9.17) is 4.74 Å². The van der Waals surface area contributed by atoms with E-state index in [9.17, 15) is 4.79 Å². The van der Waals surface area contributed by atoms with Gasteiger partial charge in [-0.15, -0.1) is 0 Å². The zero-order valence-electron chi connectivity index (χ0n) is 14.3. The highest BCUT2D eigenvalue weighted by atomic mass is 16.5. The fraction of sp³-hybridized carbons (Fsp3) is 0.611. The number of aryl methyl sites for hydroxylation is 2. The predicted octanol–water partition coefficient (Wildman–Crippen LogP) is 3.97. The van der Waals surface area contributed by atoms with Gasteiger partial charge in [0, 0.05) is 12.6 Å². The van der Waals surface area contributed by atoms with Crippen molar-refractivity contribution in [3.8, 4) is 5.75 Å². The van der Waals surface area contributed by atoms with Crippen LogP contribution in [0, 0.1) is 19.8 Å². The normalized spacial score (nSPS) is 11.0. The van der Waals surface area contributed by atoms with Crippen molar-refractivity contribution in [2.24, 2.45) is 5.92 Å². The molecule has 0 saturated carbocycles. The second-order valence-corrected chi connectivity index (χ2v) is 6.40. The molecule has 3 nitrogen and oxygen atoms in total. The lowest BCUT2D eigenvalue weighted by atomic mass is 10.1. The molecule has 0 bridgehead atoms. The Bertz CT molecular complexity index is 466. The second kappa shape index (κ2) is 8.06. The van der Waals surface area contributed by atoms with Crippen LogP contribution in [0.4, 0.5) is 0 Å². The van der Waals surface area contributed by atoms with Gasteiger partial charge in [-0.25, -0.2) is 0 Å². The number of hydrogen-bond acceptors (Lipinski definition) is 2. The van der Waals surface area contributed by atoms with E-state index < -0.39 is 0 Å². The summed E-state index contributed by atoms with van der Waals surface area (Å²) in [6.07, 6.45) is 0.429. The largest absolute Gasteiger partial charge is 0.493 e. The van der Waals surface area contributed by atoms with Gasteiger partial charge in [-0.3, -0.25) is 4.79 Å². The topological polar surface area (TPSA) is 29.5 Å². The highest BCUT2D eigenvalue weighted by molar-refractivity contribution is 5.76. The molecular formula is C18H29NO2. The molecule has 0 radical (unpaired) electrons. The Labute approximate surface area is 129 Å². The summed E-state index contributed by atoms with van der Waals surface area (Å²) in [6.45, 7) is 13.7. The van der Waals surface area contributed by atoms with Crippen molar-refractivity contribution in [1.82, 2.24) is 4.90 Å². The number of ether oxygens (including phenoxy) is 1. The Morgan fingerprint density at radius 2 is 1.86 bits per heavy atom. The maximum atomic E-state index is 12.3. The van der Waals surface area contributed by atoms with Crippen molar-refractivity contribution in [3.05, 3.63) is 29.3 Å². The fourth-order valence-corrected chi connectivity index (χ4v) is 2.35. The molecule has 0 aliphatic heterocycles. The minimum Gasteiger partial charge on any atom is -0.493 e. The number of benzene rings is 1. The maximum absolute atomic E-state index is 12.3. The van der Waals surface area contributed by atoms with E-state index in [1.54, 1.807) is 0 Å². The molecule has 0 saturated heterocycles. The lowest BCUT2D eigenvalue weighted by Crippen LogP contribution is -2.40. The van der Waals surface area contributed by atoms with Gasteiger partial charge < -0.3 is 9.64 Å². The molecule has 0 fully saturated rings. The van der Waals surface area contributed by atoms with E-state index in [0.717, 1.165) is 17.9 Å². The van der Waals surface area contributed by atoms with E-state index in [-0.39, 0.29) is 11.9 Å². The molecule has 0 N–H and O–H groups in total. The summed E-state index contributed by atoms with van der Waals surface area (Å²) in [4.78, 5) is 14.2. The third kappa shape index (κ3) is 5.78. The molecule has 1 rings (SSSR count). The smallest absolute Gasteiger partial charge is 0.226 e. The average Bonchev–Trinajstić information content (AvgIpc) is 2.37. The Balaban J connectivity index is 2.51. The van der Waals surface area contributed by atoms with Crippen LogP contribution < -0.4 is 4.74 Å². The van der Waals surface area contributed by atoms with Gasteiger partial charge in [0.2, 0.25) is 5.91 Å². The zero-order valence-corrected chi connectivity index (χ0v) is 14.3. The van der Waals surface area contributed by atoms with Gasteiger partial charge in [0.05, 0.1) is 13.0 Å².